The van der Waals surface area contributed by atoms with E-state index < -0.39 is 5.97 Å². The van der Waals surface area contributed by atoms with Crippen LogP contribution in [-0.4, -0.2) is 33.4 Å². The Morgan fingerprint density at radius 1 is 1.08 bits per heavy atom. The van der Waals surface area contributed by atoms with E-state index in [0.29, 0.717) is 30.1 Å². The van der Waals surface area contributed by atoms with Crippen LogP contribution >= 0.6 is 11.6 Å². The molecule has 10 heteroatoms. The van der Waals surface area contributed by atoms with Crippen LogP contribution in [0.2, 0.25) is 5.02 Å². The summed E-state index contributed by atoms with van der Waals surface area (Å²) in [6, 6.07) is 13.7. The minimum atomic E-state index is -0.813. The normalized spacial score (nSPS) is 10.8. The summed E-state index contributed by atoms with van der Waals surface area (Å²) in [5.74, 6) is 0.0550. The molecule has 2 heterocycles. The SMILES string of the molecule is CCCCC(=O)OCCCn1c(CCCC)nc2c[n+]([O-])c3ccccc3c21.O=C(OO)c1cccc(Cl)c1. The van der Waals surface area contributed by atoms with Gasteiger partial charge in [-0.25, -0.2) is 9.78 Å². The van der Waals surface area contributed by atoms with Crippen LogP contribution in [0.5, 0.6) is 0 Å². The second-order valence-corrected chi connectivity index (χ2v) is 9.49. The highest BCUT2D eigenvalue weighted by Gasteiger charge is 2.18. The number of ether oxygens (including phenoxy) is 1. The lowest BCUT2D eigenvalue weighted by molar-refractivity contribution is -0.575. The number of hydrogen-bond acceptors (Lipinski definition) is 7. The van der Waals surface area contributed by atoms with Crippen LogP contribution in [0.4, 0.5) is 0 Å². The maximum atomic E-state index is 12.4. The molecule has 1 N–H and O–H groups in total. The van der Waals surface area contributed by atoms with Crippen molar-refractivity contribution in [3.63, 3.8) is 0 Å². The fourth-order valence-electron chi connectivity index (χ4n) is 4.18. The predicted molar refractivity (Wildman–Crippen MR) is 149 cm³/mol. The molecule has 0 aliphatic rings. The summed E-state index contributed by atoms with van der Waals surface area (Å²) < 4.78 is 8.45. The van der Waals surface area contributed by atoms with Gasteiger partial charge < -0.3 is 14.5 Å². The molecule has 0 spiro atoms. The van der Waals surface area contributed by atoms with E-state index in [1.807, 2.05) is 24.3 Å². The quantitative estimate of drug-likeness (QED) is 0.0579. The molecule has 9 nitrogen and oxygen atoms in total. The molecule has 2 aromatic heterocycles. The van der Waals surface area contributed by atoms with Gasteiger partial charge in [0.15, 0.2) is 5.52 Å². The summed E-state index contributed by atoms with van der Waals surface area (Å²) in [4.78, 5) is 30.6. The molecule has 39 heavy (non-hydrogen) atoms. The molecule has 0 bridgehead atoms. The van der Waals surface area contributed by atoms with E-state index in [9.17, 15) is 14.8 Å². The number of unbranched alkanes of at least 4 members (excludes halogenated alkanes) is 2. The Kier molecular flexibility index (Phi) is 11.5. The molecular weight excluding hydrogens is 522 g/mol. The van der Waals surface area contributed by atoms with Crippen molar-refractivity contribution < 1.29 is 29.2 Å². The number of benzene rings is 2. The first kappa shape index (κ1) is 29.9. The number of nitrogens with zero attached hydrogens (tertiary/aromatic N) is 3. The highest BCUT2D eigenvalue weighted by Crippen LogP contribution is 2.25. The second kappa shape index (κ2) is 15.0. The number of esters is 1. The van der Waals surface area contributed by atoms with Crippen LogP contribution in [0, 0.1) is 5.21 Å². The number of aryl methyl sites for hydroxylation is 2. The Bertz CT molecular complexity index is 1400. The summed E-state index contributed by atoms with van der Waals surface area (Å²) in [7, 11) is 0. The van der Waals surface area contributed by atoms with E-state index in [-0.39, 0.29) is 11.5 Å². The fraction of sp³-hybridized carbons (Fsp3) is 0.379. The molecule has 0 aliphatic heterocycles. The first-order valence-corrected chi connectivity index (χ1v) is 13.5. The molecule has 0 aliphatic carbocycles. The lowest BCUT2D eigenvalue weighted by atomic mass is 10.2. The lowest BCUT2D eigenvalue weighted by Gasteiger charge is -2.11. The average Bonchev–Trinajstić information content (AvgIpc) is 3.30. The van der Waals surface area contributed by atoms with Gasteiger partial charge in [-0.2, -0.15) is 9.99 Å². The van der Waals surface area contributed by atoms with Crippen molar-refractivity contribution in [2.45, 2.75) is 65.3 Å². The van der Waals surface area contributed by atoms with Crippen molar-refractivity contribution in [3.8, 4) is 0 Å². The molecule has 0 atom stereocenters. The van der Waals surface area contributed by atoms with Gasteiger partial charge in [0.2, 0.25) is 11.7 Å². The molecule has 4 rings (SSSR count). The largest absolute Gasteiger partial charge is 0.618 e. The number of para-hydroxylation sites is 1. The molecule has 4 aromatic rings. The van der Waals surface area contributed by atoms with E-state index in [1.165, 1.54) is 12.1 Å². The molecule has 0 saturated carbocycles. The third-order valence-electron chi connectivity index (χ3n) is 6.13. The molecule has 0 radical (unpaired) electrons. The molecular formula is C29H34ClN3O6. The molecule has 0 amide bonds. The van der Waals surface area contributed by atoms with Crippen molar-refractivity contribution >= 4 is 45.5 Å². The van der Waals surface area contributed by atoms with E-state index in [0.717, 1.165) is 65.5 Å². The molecule has 0 fully saturated rings. The molecule has 2 aromatic carbocycles. The van der Waals surface area contributed by atoms with Crippen molar-refractivity contribution in [1.29, 1.82) is 0 Å². The van der Waals surface area contributed by atoms with E-state index in [4.69, 9.17) is 26.6 Å². The highest BCUT2D eigenvalue weighted by atomic mass is 35.5. The van der Waals surface area contributed by atoms with Crippen LogP contribution in [0.1, 0.15) is 68.6 Å². The minimum Gasteiger partial charge on any atom is -0.618 e. The van der Waals surface area contributed by atoms with E-state index in [1.54, 1.807) is 18.3 Å². The van der Waals surface area contributed by atoms with E-state index in [2.05, 4.69) is 23.3 Å². The number of aromatic nitrogens is 3. The van der Waals surface area contributed by atoms with Gasteiger partial charge in [-0.05, 0) is 43.5 Å². The Labute approximate surface area is 232 Å². The summed E-state index contributed by atoms with van der Waals surface area (Å²) in [5.41, 5.74) is 2.58. The first-order valence-electron chi connectivity index (χ1n) is 13.2. The Balaban J connectivity index is 0.000000320. The topological polar surface area (TPSA) is 118 Å². The van der Waals surface area contributed by atoms with Crippen LogP contribution in [0.25, 0.3) is 21.9 Å². The zero-order valence-corrected chi connectivity index (χ0v) is 23.0. The number of carbonyl (C=O) groups excluding carboxylic acids is 2. The Morgan fingerprint density at radius 2 is 1.85 bits per heavy atom. The minimum absolute atomic E-state index is 0.124. The third-order valence-corrected chi connectivity index (χ3v) is 6.37. The maximum absolute atomic E-state index is 12.4. The highest BCUT2D eigenvalue weighted by molar-refractivity contribution is 6.30. The van der Waals surface area contributed by atoms with Gasteiger partial charge in [-0.1, -0.05) is 56.5 Å². The van der Waals surface area contributed by atoms with Crippen molar-refractivity contribution in [2.24, 2.45) is 0 Å². The van der Waals surface area contributed by atoms with Gasteiger partial charge in [0, 0.05) is 30.5 Å². The molecule has 208 valence electrons. The van der Waals surface area contributed by atoms with Crippen LogP contribution in [0.15, 0.2) is 54.7 Å². The van der Waals surface area contributed by atoms with Crippen LogP contribution in [0.3, 0.4) is 0 Å². The number of imidazole rings is 1. The van der Waals surface area contributed by atoms with Gasteiger partial charge in [0.1, 0.15) is 5.82 Å². The van der Waals surface area contributed by atoms with Crippen molar-refractivity contribution in [1.82, 2.24) is 9.55 Å². The van der Waals surface area contributed by atoms with Gasteiger partial charge >= 0.3 is 11.9 Å². The summed E-state index contributed by atoms with van der Waals surface area (Å²) >= 11 is 5.56. The van der Waals surface area contributed by atoms with Gasteiger partial charge in [-0.3, -0.25) is 9.68 Å². The zero-order valence-electron chi connectivity index (χ0n) is 22.3. The standard InChI is InChI=1S/C22H29N3O3.C7H5ClO3/c1-3-5-12-20-23-18-16-25(27)19-11-8-7-10-17(19)22(18)24(20)14-9-15-28-21(26)13-6-4-2;8-6-3-1-2-5(4-6)7(9)11-10/h7-8,10-11,16H,3-6,9,12-15H2,1-2H3;1-4,10H. The number of carbonyl (C=O) groups is 2. The number of fused-ring (bicyclic) bond motifs is 3. The Hall–Kier alpha value is -3.69. The van der Waals surface area contributed by atoms with E-state index >= 15 is 0 Å². The fourth-order valence-corrected chi connectivity index (χ4v) is 4.37. The van der Waals surface area contributed by atoms with Gasteiger partial charge in [0.25, 0.3) is 0 Å². The number of halogens is 1. The number of hydrogen-bond donors (Lipinski definition) is 1. The maximum Gasteiger partial charge on any atom is 0.372 e. The number of pyridine rings is 1. The summed E-state index contributed by atoms with van der Waals surface area (Å²) in [6.45, 7) is 5.33. The smallest absolute Gasteiger partial charge is 0.372 e. The van der Waals surface area contributed by atoms with Crippen molar-refractivity contribution in [3.05, 3.63) is 76.3 Å². The monoisotopic (exact) mass is 555 g/mol. The zero-order chi connectivity index (χ0) is 28.2. The number of rotatable bonds is 11. The van der Waals surface area contributed by atoms with Gasteiger partial charge in [-0.15, -0.1) is 0 Å². The van der Waals surface area contributed by atoms with Crippen molar-refractivity contribution in [2.75, 3.05) is 6.61 Å². The molecule has 0 unspecified atom stereocenters. The summed E-state index contributed by atoms with van der Waals surface area (Å²) in [5, 5.41) is 21.7. The first-order chi connectivity index (χ1) is 18.9. The summed E-state index contributed by atoms with van der Waals surface area (Å²) in [6.07, 6.45) is 7.63. The van der Waals surface area contributed by atoms with Crippen LogP contribution < -0.4 is 4.73 Å². The lowest BCUT2D eigenvalue weighted by Crippen LogP contribution is -2.26. The Morgan fingerprint density at radius 3 is 2.56 bits per heavy atom. The molecule has 0 saturated heterocycles. The third kappa shape index (κ3) is 8.15. The second-order valence-electron chi connectivity index (χ2n) is 9.06. The predicted octanol–water partition coefficient (Wildman–Crippen LogP) is 6.26. The van der Waals surface area contributed by atoms with Crippen LogP contribution in [-0.2, 0) is 27.4 Å². The average molecular weight is 556 g/mol. The van der Waals surface area contributed by atoms with Gasteiger partial charge in [0.05, 0.1) is 23.1 Å².